The molecule has 100 valence electrons. The smallest absolute Gasteiger partial charge is 0.317 e. The summed E-state index contributed by atoms with van der Waals surface area (Å²) >= 11 is 1.76. The molecule has 0 radical (unpaired) electrons. The lowest BCUT2D eigenvalue weighted by molar-refractivity contribution is 0.173. The zero-order valence-electron chi connectivity index (χ0n) is 11.4. The van der Waals surface area contributed by atoms with E-state index in [2.05, 4.69) is 22.1 Å². The van der Waals surface area contributed by atoms with Crippen LogP contribution in [-0.4, -0.2) is 29.6 Å². The lowest BCUT2D eigenvalue weighted by Crippen LogP contribution is -2.50. The second kappa shape index (κ2) is 5.31. The molecule has 3 nitrogen and oxygen atoms in total. The van der Waals surface area contributed by atoms with Crippen molar-refractivity contribution in [1.29, 1.82) is 0 Å². The van der Waals surface area contributed by atoms with Crippen LogP contribution in [0, 0.1) is 0 Å². The van der Waals surface area contributed by atoms with Crippen LogP contribution in [0.5, 0.6) is 0 Å². The van der Waals surface area contributed by atoms with Gasteiger partial charge in [0, 0.05) is 18.6 Å². The third-order valence-electron chi connectivity index (χ3n) is 3.28. The summed E-state index contributed by atoms with van der Waals surface area (Å²) in [5.74, 6) is 0.634. The van der Waals surface area contributed by atoms with Gasteiger partial charge in [-0.1, -0.05) is 0 Å². The maximum atomic E-state index is 12.0. The Hall–Kier alpha value is -1.03. The van der Waals surface area contributed by atoms with Crippen molar-refractivity contribution >= 4 is 17.4 Å². The maximum absolute atomic E-state index is 12.0. The van der Waals surface area contributed by atoms with Crippen molar-refractivity contribution in [1.82, 2.24) is 10.2 Å². The number of carbonyl (C=O) groups is 1. The Morgan fingerprint density at radius 1 is 1.39 bits per heavy atom. The molecule has 1 fully saturated rings. The van der Waals surface area contributed by atoms with Gasteiger partial charge in [-0.2, -0.15) is 11.3 Å². The molecule has 2 amide bonds. The zero-order chi connectivity index (χ0) is 13.2. The first-order valence-corrected chi connectivity index (χ1v) is 7.49. The molecule has 1 saturated heterocycles. The molecule has 1 aromatic heterocycles. The molecule has 1 aliphatic heterocycles. The van der Waals surface area contributed by atoms with Gasteiger partial charge in [0.2, 0.25) is 0 Å². The van der Waals surface area contributed by atoms with Crippen molar-refractivity contribution in [3.8, 4) is 0 Å². The van der Waals surface area contributed by atoms with Gasteiger partial charge in [0.05, 0.1) is 0 Å². The minimum atomic E-state index is -0.151. The van der Waals surface area contributed by atoms with E-state index in [0.29, 0.717) is 5.92 Å². The number of hydrogen-bond acceptors (Lipinski definition) is 2. The van der Waals surface area contributed by atoms with Gasteiger partial charge >= 0.3 is 6.03 Å². The molecule has 1 aromatic rings. The van der Waals surface area contributed by atoms with Crippen molar-refractivity contribution in [2.75, 3.05) is 13.1 Å². The van der Waals surface area contributed by atoms with Gasteiger partial charge in [0.25, 0.3) is 0 Å². The number of nitrogens with one attached hydrogen (secondary N) is 1. The molecule has 0 bridgehead atoms. The number of carbonyl (C=O) groups excluding carboxylic acids is 1. The number of piperidine rings is 1. The molecule has 4 heteroatoms. The van der Waals surface area contributed by atoms with Crippen molar-refractivity contribution in [3.63, 3.8) is 0 Å². The molecular weight excluding hydrogens is 244 g/mol. The molecule has 18 heavy (non-hydrogen) atoms. The van der Waals surface area contributed by atoms with E-state index in [9.17, 15) is 4.79 Å². The summed E-state index contributed by atoms with van der Waals surface area (Å²) in [6.07, 6.45) is 2.16. The van der Waals surface area contributed by atoms with Crippen LogP contribution in [-0.2, 0) is 0 Å². The van der Waals surface area contributed by atoms with Gasteiger partial charge in [-0.3, -0.25) is 0 Å². The van der Waals surface area contributed by atoms with Gasteiger partial charge in [-0.15, -0.1) is 0 Å². The van der Waals surface area contributed by atoms with E-state index in [0.717, 1.165) is 25.9 Å². The molecule has 0 spiro atoms. The van der Waals surface area contributed by atoms with Crippen LogP contribution in [0.25, 0.3) is 0 Å². The number of amides is 2. The van der Waals surface area contributed by atoms with Crippen LogP contribution in [0.1, 0.15) is 45.1 Å². The maximum Gasteiger partial charge on any atom is 0.317 e. The summed E-state index contributed by atoms with van der Waals surface area (Å²) in [5, 5.41) is 7.39. The Bertz CT molecular complexity index is 386. The van der Waals surface area contributed by atoms with Gasteiger partial charge in [0.1, 0.15) is 0 Å². The molecule has 2 heterocycles. The summed E-state index contributed by atoms with van der Waals surface area (Å²) in [7, 11) is 0. The lowest BCUT2D eigenvalue weighted by atomic mass is 9.91. The average Bonchev–Trinajstić information content (AvgIpc) is 2.80. The van der Waals surface area contributed by atoms with E-state index in [-0.39, 0.29) is 11.6 Å². The highest BCUT2D eigenvalue weighted by Gasteiger charge is 2.25. The molecule has 2 rings (SSSR count). The summed E-state index contributed by atoms with van der Waals surface area (Å²) < 4.78 is 0. The minimum Gasteiger partial charge on any atom is -0.333 e. The number of urea groups is 1. The number of nitrogens with zero attached hydrogens (tertiary/aromatic N) is 1. The number of likely N-dealkylation sites (tertiary alicyclic amines) is 1. The molecule has 0 aliphatic carbocycles. The van der Waals surface area contributed by atoms with Crippen LogP contribution in [0.15, 0.2) is 16.8 Å². The molecular formula is C14H22N2OS. The van der Waals surface area contributed by atoms with Crippen molar-refractivity contribution in [3.05, 3.63) is 22.4 Å². The molecule has 1 N–H and O–H groups in total. The largest absolute Gasteiger partial charge is 0.333 e. The average molecular weight is 266 g/mol. The zero-order valence-corrected chi connectivity index (χ0v) is 12.2. The van der Waals surface area contributed by atoms with Crippen LogP contribution in [0.3, 0.4) is 0 Å². The topological polar surface area (TPSA) is 32.3 Å². The van der Waals surface area contributed by atoms with E-state index >= 15 is 0 Å². The van der Waals surface area contributed by atoms with E-state index in [1.54, 1.807) is 11.3 Å². The lowest BCUT2D eigenvalue weighted by Gasteiger charge is -2.34. The van der Waals surface area contributed by atoms with Crippen LogP contribution >= 0.6 is 11.3 Å². The minimum absolute atomic E-state index is 0.0752. The Morgan fingerprint density at radius 2 is 2.06 bits per heavy atom. The Morgan fingerprint density at radius 3 is 2.56 bits per heavy atom. The number of rotatable bonds is 1. The third kappa shape index (κ3) is 3.48. The first kappa shape index (κ1) is 13.4. The summed E-state index contributed by atoms with van der Waals surface area (Å²) in [6.45, 7) is 7.78. The van der Waals surface area contributed by atoms with Crippen LogP contribution in [0.2, 0.25) is 0 Å². The quantitative estimate of drug-likeness (QED) is 0.829. The predicted molar refractivity (Wildman–Crippen MR) is 76.2 cm³/mol. The molecule has 0 saturated carbocycles. The Kier molecular flexibility index (Phi) is 3.95. The Labute approximate surface area is 113 Å². The summed E-state index contributed by atoms with van der Waals surface area (Å²) in [4.78, 5) is 14.0. The van der Waals surface area contributed by atoms with Crippen LogP contribution < -0.4 is 5.32 Å². The van der Waals surface area contributed by atoms with Crippen molar-refractivity contribution in [2.24, 2.45) is 0 Å². The van der Waals surface area contributed by atoms with Crippen molar-refractivity contribution in [2.45, 2.75) is 45.1 Å². The Balaban J connectivity index is 1.85. The fourth-order valence-electron chi connectivity index (χ4n) is 2.32. The number of thiophene rings is 1. The van der Waals surface area contributed by atoms with Gasteiger partial charge < -0.3 is 10.2 Å². The second-order valence-corrected chi connectivity index (χ2v) is 6.78. The molecule has 0 aromatic carbocycles. The highest BCUT2D eigenvalue weighted by molar-refractivity contribution is 7.07. The van der Waals surface area contributed by atoms with Gasteiger partial charge in [-0.25, -0.2) is 4.79 Å². The van der Waals surface area contributed by atoms with Crippen molar-refractivity contribution < 1.29 is 4.79 Å². The fourth-order valence-corrected chi connectivity index (χ4v) is 3.07. The van der Waals surface area contributed by atoms with Gasteiger partial charge in [0.15, 0.2) is 0 Å². The molecule has 0 atom stereocenters. The van der Waals surface area contributed by atoms with Gasteiger partial charge in [-0.05, 0) is 61.9 Å². The normalized spacial score (nSPS) is 17.8. The van der Waals surface area contributed by atoms with E-state index < -0.39 is 0 Å². The van der Waals surface area contributed by atoms with E-state index in [1.165, 1.54) is 5.56 Å². The highest BCUT2D eigenvalue weighted by Crippen LogP contribution is 2.29. The third-order valence-corrected chi connectivity index (χ3v) is 3.98. The first-order chi connectivity index (χ1) is 8.46. The highest BCUT2D eigenvalue weighted by atomic mass is 32.1. The first-order valence-electron chi connectivity index (χ1n) is 6.55. The standard InChI is InChI=1S/C14H22N2OS/c1-14(2,3)15-13(17)16-7-4-11(5-8-16)12-6-9-18-10-12/h6,9-11H,4-5,7-8H2,1-3H3,(H,15,17). The number of hydrogen-bond donors (Lipinski definition) is 1. The summed E-state index contributed by atoms with van der Waals surface area (Å²) in [6, 6.07) is 2.28. The fraction of sp³-hybridized carbons (Fsp3) is 0.643. The predicted octanol–water partition coefficient (Wildman–Crippen LogP) is 3.44. The molecule has 0 unspecified atom stereocenters. The summed E-state index contributed by atoms with van der Waals surface area (Å²) in [5.41, 5.74) is 1.29. The SMILES string of the molecule is CC(C)(C)NC(=O)N1CCC(c2ccsc2)CC1. The molecule has 1 aliphatic rings. The van der Waals surface area contributed by atoms with E-state index in [1.807, 2.05) is 25.7 Å². The van der Waals surface area contributed by atoms with E-state index in [4.69, 9.17) is 0 Å². The van der Waals surface area contributed by atoms with Crippen LogP contribution in [0.4, 0.5) is 4.79 Å². The second-order valence-electron chi connectivity index (χ2n) is 6.00. The monoisotopic (exact) mass is 266 g/mol.